The van der Waals surface area contributed by atoms with Gasteiger partial charge >= 0.3 is 0 Å². The summed E-state index contributed by atoms with van der Waals surface area (Å²) in [5, 5.41) is 5.10. The molecular weight excluding hydrogens is 220 g/mol. The fourth-order valence-electron chi connectivity index (χ4n) is 2.16. The van der Waals surface area contributed by atoms with Gasteiger partial charge in [0.15, 0.2) is 5.65 Å². The van der Waals surface area contributed by atoms with Crippen LogP contribution in [0.2, 0.25) is 0 Å². The lowest BCUT2D eigenvalue weighted by atomic mass is 10.1. The predicted molar refractivity (Wildman–Crippen MR) is 63.2 cm³/mol. The second kappa shape index (κ2) is 3.85. The molecule has 1 fully saturated rings. The molecule has 17 heavy (non-hydrogen) atoms. The van der Waals surface area contributed by atoms with E-state index < -0.39 is 0 Å². The van der Waals surface area contributed by atoms with Crippen LogP contribution in [-0.2, 0) is 4.74 Å². The Morgan fingerprint density at radius 3 is 2.76 bits per heavy atom. The molecule has 0 bridgehead atoms. The predicted octanol–water partition coefficient (Wildman–Crippen LogP) is 0.342. The Morgan fingerprint density at radius 2 is 2.00 bits per heavy atom. The van der Waals surface area contributed by atoms with E-state index in [-0.39, 0.29) is 5.95 Å². The standard InChI is InChI=1S/C10H14N6O/c11-8-7-5-13-16(6-1-3-17-4-2-6)9(7)15-10(12)14-8/h5-6H,1-4H2,(H4,11,12,14,15). The van der Waals surface area contributed by atoms with Crippen LogP contribution in [0.5, 0.6) is 0 Å². The van der Waals surface area contributed by atoms with Crippen molar-refractivity contribution >= 4 is 22.8 Å². The van der Waals surface area contributed by atoms with Crippen molar-refractivity contribution in [2.24, 2.45) is 0 Å². The molecule has 0 unspecified atom stereocenters. The van der Waals surface area contributed by atoms with Gasteiger partial charge in [-0.1, -0.05) is 0 Å². The molecule has 0 amide bonds. The lowest BCUT2D eigenvalue weighted by Gasteiger charge is -2.22. The molecule has 4 N–H and O–H groups in total. The summed E-state index contributed by atoms with van der Waals surface area (Å²) in [6.45, 7) is 1.50. The molecule has 2 aromatic heterocycles. The number of fused-ring (bicyclic) bond motifs is 1. The van der Waals surface area contributed by atoms with Gasteiger partial charge in [0.25, 0.3) is 0 Å². The first-order valence-corrected chi connectivity index (χ1v) is 5.59. The summed E-state index contributed by atoms with van der Waals surface area (Å²) in [7, 11) is 0. The summed E-state index contributed by atoms with van der Waals surface area (Å²) in [5.74, 6) is 0.564. The number of anilines is 2. The Hall–Kier alpha value is -1.89. The minimum absolute atomic E-state index is 0.184. The molecule has 0 radical (unpaired) electrons. The number of rotatable bonds is 1. The topological polar surface area (TPSA) is 105 Å². The SMILES string of the molecule is Nc1nc(N)c2cnn(C3CCOCC3)c2n1. The van der Waals surface area contributed by atoms with Crippen molar-refractivity contribution in [2.45, 2.75) is 18.9 Å². The average molecular weight is 234 g/mol. The summed E-state index contributed by atoms with van der Waals surface area (Å²) in [6.07, 6.45) is 3.56. The van der Waals surface area contributed by atoms with Gasteiger partial charge in [0.1, 0.15) is 5.82 Å². The molecule has 90 valence electrons. The van der Waals surface area contributed by atoms with E-state index in [4.69, 9.17) is 16.2 Å². The maximum absolute atomic E-state index is 5.79. The highest BCUT2D eigenvalue weighted by Crippen LogP contribution is 2.26. The fraction of sp³-hybridized carbons (Fsp3) is 0.500. The number of nitrogens with zero attached hydrogens (tertiary/aromatic N) is 4. The van der Waals surface area contributed by atoms with Crippen LogP contribution in [0.25, 0.3) is 11.0 Å². The lowest BCUT2D eigenvalue weighted by molar-refractivity contribution is 0.0673. The quantitative estimate of drug-likeness (QED) is 0.737. The maximum atomic E-state index is 5.79. The summed E-state index contributed by atoms with van der Waals surface area (Å²) in [6, 6.07) is 0.301. The van der Waals surface area contributed by atoms with Gasteiger partial charge in [-0.25, -0.2) is 4.68 Å². The van der Waals surface area contributed by atoms with Gasteiger partial charge in [0.05, 0.1) is 17.6 Å². The normalized spacial score (nSPS) is 17.6. The molecule has 0 spiro atoms. The molecular formula is C10H14N6O. The molecule has 7 heteroatoms. The van der Waals surface area contributed by atoms with E-state index in [9.17, 15) is 0 Å². The molecule has 1 aliphatic heterocycles. The minimum Gasteiger partial charge on any atom is -0.383 e. The highest BCUT2D eigenvalue weighted by Gasteiger charge is 2.20. The van der Waals surface area contributed by atoms with E-state index in [1.165, 1.54) is 0 Å². The number of ether oxygens (including phenoxy) is 1. The van der Waals surface area contributed by atoms with Crippen molar-refractivity contribution in [1.82, 2.24) is 19.7 Å². The number of nitrogen functional groups attached to an aromatic ring is 2. The van der Waals surface area contributed by atoms with Crippen molar-refractivity contribution in [3.05, 3.63) is 6.20 Å². The first-order valence-electron chi connectivity index (χ1n) is 5.59. The van der Waals surface area contributed by atoms with Crippen LogP contribution in [-0.4, -0.2) is 33.0 Å². The van der Waals surface area contributed by atoms with Crippen LogP contribution < -0.4 is 11.5 Å². The van der Waals surface area contributed by atoms with Crippen molar-refractivity contribution in [3.63, 3.8) is 0 Å². The van der Waals surface area contributed by atoms with Crippen molar-refractivity contribution < 1.29 is 4.74 Å². The highest BCUT2D eigenvalue weighted by atomic mass is 16.5. The molecule has 0 atom stereocenters. The smallest absolute Gasteiger partial charge is 0.224 e. The van der Waals surface area contributed by atoms with Crippen molar-refractivity contribution in [2.75, 3.05) is 24.7 Å². The largest absolute Gasteiger partial charge is 0.383 e. The molecule has 0 aliphatic carbocycles. The first kappa shape index (κ1) is 10.3. The third kappa shape index (κ3) is 1.68. The third-order valence-corrected chi connectivity index (χ3v) is 3.04. The van der Waals surface area contributed by atoms with Gasteiger partial charge < -0.3 is 16.2 Å². The third-order valence-electron chi connectivity index (χ3n) is 3.04. The van der Waals surface area contributed by atoms with E-state index in [1.807, 2.05) is 4.68 Å². The van der Waals surface area contributed by atoms with E-state index in [0.717, 1.165) is 31.4 Å². The Balaban J connectivity index is 2.10. The second-order valence-electron chi connectivity index (χ2n) is 4.14. The van der Waals surface area contributed by atoms with Gasteiger partial charge in [-0.15, -0.1) is 0 Å². The Bertz CT molecular complexity index is 545. The molecule has 3 rings (SSSR count). The van der Waals surface area contributed by atoms with Crippen LogP contribution in [0, 0.1) is 0 Å². The average Bonchev–Trinajstić information content (AvgIpc) is 2.74. The fourth-order valence-corrected chi connectivity index (χ4v) is 2.16. The van der Waals surface area contributed by atoms with E-state index >= 15 is 0 Å². The van der Waals surface area contributed by atoms with Crippen molar-refractivity contribution in [1.29, 1.82) is 0 Å². The highest BCUT2D eigenvalue weighted by molar-refractivity contribution is 5.86. The number of aromatic nitrogens is 4. The number of hydrogen-bond acceptors (Lipinski definition) is 6. The first-order chi connectivity index (χ1) is 8.25. The zero-order valence-corrected chi connectivity index (χ0v) is 9.33. The molecule has 0 aromatic carbocycles. The van der Waals surface area contributed by atoms with Gasteiger partial charge in [0.2, 0.25) is 5.95 Å². The van der Waals surface area contributed by atoms with Gasteiger partial charge in [-0.2, -0.15) is 15.1 Å². The van der Waals surface area contributed by atoms with Crippen LogP contribution in [0.3, 0.4) is 0 Å². The number of nitrogens with two attached hydrogens (primary N) is 2. The molecule has 7 nitrogen and oxygen atoms in total. The lowest BCUT2D eigenvalue weighted by Crippen LogP contribution is -2.20. The minimum atomic E-state index is 0.184. The molecule has 2 aromatic rings. The summed E-state index contributed by atoms with van der Waals surface area (Å²) >= 11 is 0. The molecule has 0 saturated carbocycles. The Morgan fingerprint density at radius 1 is 1.24 bits per heavy atom. The monoisotopic (exact) mass is 234 g/mol. The summed E-state index contributed by atoms with van der Waals surface area (Å²) < 4.78 is 7.22. The van der Waals surface area contributed by atoms with Crippen LogP contribution >= 0.6 is 0 Å². The van der Waals surface area contributed by atoms with Gasteiger partial charge in [-0.05, 0) is 12.8 Å². The summed E-state index contributed by atoms with van der Waals surface area (Å²) in [4.78, 5) is 8.14. The van der Waals surface area contributed by atoms with E-state index in [2.05, 4.69) is 15.1 Å². The maximum Gasteiger partial charge on any atom is 0.224 e. The van der Waals surface area contributed by atoms with Crippen LogP contribution in [0.1, 0.15) is 18.9 Å². The Kier molecular flexibility index (Phi) is 2.32. The zero-order chi connectivity index (χ0) is 11.8. The van der Waals surface area contributed by atoms with Crippen molar-refractivity contribution in [3.8, 4) is 0 Å². The van der Waals surface area contributed by atoms with E-state index in [0.29, 0.717) is 17.5 Å². The molecule has 3 heterocycles. The van der Waals surface area contributed by atoms with Gasteiger partial charge in [0, 0.05) is 13.2 Å². The second-order valence-corrected chi connectivity index (χ2v) is 4.14. The van der Waals surface area contributed by atoms with Gasteiger partial charge in [-0.3, -0.25) is 0 Å². The summed E-state index contributed by atoms with van der Waals surface area (Å²) in [5.41, 5.74) is 12.1. The van der Waals surface area contributed by atoms with E-state index in [1.54, 1.807) is 6.20 Å². The Labute approximate surface area is 97.8 Å². The van der Waals surface area contributed by atoms with Crippen LogP contribution in [0.4, 0.5) is 11.8 Å². The zero-order valence-electron chi connectivity index (χ0n) is 9.33. The number of hydrogen-bond donors (Lipinski definition) is 2. The van der Waals surface area contributed by atoms with Crippen LogP contribution in [0.15, 0.2) is 6.20 Å². The molecule has 1 saturated heterocycles. The molecule has 1 aliphatic rings.